The van der Waals surface area contributed by atoms with E-state index in [9.17, 15) is 5.11 Å². The molecular formula is C15H22O. The number of hydrogen-bond acceptors (Lipinski definition) is 1. The fraction of sp³-hybridized carbons (Fsp3) is 0.600. The zero-order valence-corrected chi connectivity index (χ0v) is 10.6. The Hall–Kier alpha value is -0.820. The molecule has 0 amide bonds. The van der Waals surface area contributed by atoms with Gasteiger partial charge in [-0.25, -0.2) is 0 Å². The van der Waals surface area contributed by atoms with Crippen LogP contribution in [0.4, 0.5) is 0 Å². The van der Waals surface area contributed by atoms with Gasteiger partial charge in [-0.2, -0.15) is 0 Å². The molecule has 0 bridgehead atoms. The number of aliphatic hydroxyl groups excluding tert-OH is 1. The quantitative estimate of drug-likeness (QED) is 0.806. The van der Waals surface area contributed by atoms with Crippen LogP contribution in [0.5, 0.6) is 0 Å². The number of hydrogen-bond donors (Lipinski definition) is 1. The van der Waals surface area contributed by atoms with Crippen LogP contribution in [0.1, 0.15) is 44.2 Å². The van der Waals surface area contributed by atoms with Gasteiger partial charge >= 0.3 is 0 Å². The van der Waals surface area contributed by atoms with E-state index in [1.807, 2.05) is 0 Å². The summed E-state index contributed by atoms with van der Waals surface area (Å²) in [7, 11) is 0. The van der Waals surface area contributed by atoms with Crippen molar-refractivity contribution >= 4 is 0 Å². The average molecular weight is 218 g/mol. The first-order valence-electron chi connectivity index (χ1n) is 6.20. The minimum atomic E-state index is -0.0271. The lowest BCUT2D eigenvalue weighted by molar-refractivity contribution is 0.104. The standard InChI is InChI=1S/C15H22O/c1-12-5-7-13(8-6-12)15(11-16)10-4-9-14(15,2)3/h5-8,16H,4,9-11H2,1-3H3. The highest BCUT2D eigenvalue weighted by Gasteiger charge is 2.49. The van der Waals surface area contributed by atoms with Crippen molar-refractivity contribution in [1.29, 1.82) is 0 Å². The summed E-state index contributed by atoms with van der Waals surface area (Å²) < 4.78 is 0. The third kappa shape index (κ3) is 1.58. The molecule has 1 atom stereocenters. The summed E-state index contributed by atoms with van der Waals surface area (Å²) in [5, 5.41) is 9.87. The van der Waals surface area contributed by atoms with E-state index in [-0.39, 0.29) is 17.4 Å². The molecule has 1 unspecified atom stereocenters. The molecule has 1 nitrogen and oxygen atoms in total. The van der Waals surface area contributed by atoms with Gasteiger partial charge in [0, 0.05) is 5.41 Å². The molecule has 0 aromatic heterocycles. The van der Waals surface area contributed by atoms with E-state index in [4.69, 9.17) is 0 Å². The van der Waals surface area contributed by atoms with Crippen LogP contribution < -0.4 is 0 Å². The van der Waals surface area contributed by atoms with Crippen LogP contribution in [0.25, 0.3) is 0 Å². The number of rotatable bonds is 2. The molecule has 1 N–H and O–H groups in total. The van der Waals surface area contributed by atoms with Crippen molar-refractivity contribution in [3.8, 4) is 0 Å². The Bertz CT molecular complexity index is 364. The Kier molecular flexibility index (Phi) is 2.83. The van der Waals surface area contributed by atoms with E-state index in [0.29, 0.717) is 0 Å². The molecule has 16 heavy (non-hydrogen) atoms. The van der Waals surface area contributed by atoms with Crippen molar-refractivity contribution in [2.24, 2.45) is 5.41 Å². The Morgan fingerprint density at radius 3 is 2.19 bits per heavy atom. The largest absolute Gasteiger partial charge is 0.395 e. The fourth-order valence-corrected chi connectivity index (χ4v) is 3.20. The summed E-state index contributed by atoms with van der Waals surface area (Å²) in [4.78, 5) is 0. The summed E-state index contributed by atoms with van der Waals surface area (Å²) in [5.74, 6) is 0. The zero-order chi connectivity index (χ0) is 11.8. The minimum Gasteiger partial charge on any atom is -0.395 e. The van der Waals surface area contributed by atoms with Crippen LogP contribution in [0.2, 0.25) is 0 Å². The maximum absolute atomic E-state index is 9.87. The molecule has 0 aliphatic heterocycles. The summed E-state index contributed by atoms with van der Waals surface area (Å²) in [6.07, 6.45) is 3.54. The topological polar surface area (TPSA) is 20.2 Å². The van der Waals surface area contributed by atoms with Crippen molar-refractivity contribution in [2.75, 3.05) is 6.61 Å². The van der Waals surface area contributed by atoms with Crippen molar-refractivity contribution in [3.63, 3.8) is 0 Å². The Labute approximate surface area is 98.5 Å². The van der Waals surface area contributed by atoms with E-state index in [1.165, 1.54) is 24.0 Å². The van der Waals surface area contributed by atoms with Gasteiger partial charge in [-0.3, -0.25) is 0 Å². The maximum Gasteiger partial charge on any atom is 0.0533 e. The van der Waals surface area contributed by atoms with Crippen LogP contribution in [0, 0.1) is 12.3 Å². The molecule has 0 saturated heterocycles. The molecule has 1 aromatic carbocycles. The summed E-state index contributed by atoms with van der Waals surface area (Å²) in [6, 6.07) is 8.69. The molecule has 0 spiro atoms. The molecular weight excluding hydrogens is 196 g/mol. The lowest BCUT2D eigenvalue weighted by Gasteiger charge is -2.41. The van der Waals surface area contributed by atoms with Crippen LogP contribution in [0.3, 0.4) is 0 Å². The van der Waals surface area contributed by atoms with E-state index in [0.717, 1.165) is 6.42 Å². The van der Waals surface area contributed by atoms with Gasteiger partial charge in [0.2, 0.25) is 0 Å². The highest BCUT2D eigenvalue weighted by molar-refractivity contribution is 5.32. The van der Waals surface area contributed by atoms with Crippen molar-refractivity contribution in [1.82, 2.24) is 0 Å². The van der Waals surface area contributed by atoms with Gasteiger partial charge in [-0.15, -0.1) is 0 Å². The van der Waals surface area contributed by atoms with Gasteiger partial charge in [0.1, 0.15) is 0 Å². The Morgan fingerprint density at radius 1 is 1.12 bits per heavy atom. The molecule has 0 heterocycles. The molecule has 1 aliphatic carbocycles. The van der Waals surface area contributed by atoms with Crippen molar-refractivity contribution in [3.05, 3.63) is 35.4 Å². The smallest absolute Gasteiger partial charge is 0.0533 e. The minimum absolute atomic E-state index is 0.0271. The van der Waals surface area contributed by atoms with E-state index >= 15 is 0 Å². The van der Waals surface area contributed by atoms with Gasteiger partial charge < -0.3 is 5.11 Å². The highest BCUT2D eigenvalue weighted by Crippen LogP contribution is 2.53. The zero-order valence-electron chi connectivity index (χ0n) is 10.6. The fourth-order valence-electron chi connectivity index (χ4n) is 3.20. The second-order valence-corrected chi connectivity index (χ2v) is 5.84. The van der Waals surface area contributed by atoms with Crippen LogP contribution in [0.15, 0.2) is 24.3 Å². The van der Waals surface area contributed by atoms with Gasteiger partial charge in [-0.05, 0) is 30.7 Å². The maximum atomic E-state index is 9.87. The molecule has 1 saturated carbocycles. The van der Waals surface area contributed by atoms with Crippen molar-refractivity contribution < 1.29 is 5.11 Å². The third-order valence-corrected chi connectivity index (χ3v) is 4.57. The second-order valence-electron chi connectivity index (χ2n) is 5.84. The summed E-state index contributed by atoms with van der Waals surface area (Å²) in [6.45, 7) is 6.95. The Balaban J connectivity index is 2.46. The van der Waals surface area contributed by atoms with Crippen LogP contribution in [-0.4, -0.2) is 11.7 Å². The van der Waals surface area contributed by atoms with E-state index in [2.05, 4.69) is 45.0 Å². The first-order valence-corrected chi connectivity index (χ1v) is 6.20. The molecule has 0 radical (unpaired) electrons. The summed E-state index contributed by atoms with van der Waals surface area (Å²) >= 11 is 0. The third-order valence-electron chi connectivity index (χ3n) is 4.57. The Morgan fingerprint density at radius 2 is 1.75 bits per heavy atom. The lowest BCUT2D eigenvalue weighted by Crippen LogP contribution is -2.40. The SMILES string of the molecule is Cc1ccc(C2(CO)CCCC2(C)C)cc1. The van der Waals surface area contributed by atoms with Gasteiger partial charge in [0.15, 0.2) is 0 Å². The predicted molar refractivity (Wildman–Crippen MR) is 67.6 cm³/mol. The second kappa shape index (κ2) is 3.89. The van der Waals surface area contributed by atoms with Gasteiger partial charge in [0.25, 0.3) is 0 Å². The molecule has 1 fully saturated rings. The van der Waals surface area contributed by atoms with E-state index < -0.39 is 0 Å². The molecule has 1 heteroatoms. The molecule has 1 aliphatic rings. The van der Waals surface area contributed by atoms with Crippen LogP contribution >= 0.6 is 0 Å². The predicted octanol–water partition coefficient (Wildman–Crippen LogP) is 3.44. The van der Waals surface area contributed by atoms with Crippen LogP contribution in [-0.2, 0) is 5.41 Å². The van der Waals surface area contributed by atoms with Gasteiger partial charge in [0.05, 0.1) is 6.61 Å². The lowest BCUT2D eigenvalue weighted by atomic mass is 9.64. The van der Waals surface area contributed by atoms with Crippen molar-refractivity contribution in [2.45, 2.75) is 45.4 Å². The summed E-state index contributed by atoms with van der Waals surface area (Å²) in [5.41, 5.74) is 2.77. The molecule has 2 rings (SSSR count). The van der Waals surface area contributed by atoms with Gasteiger partial charge in [-0.1, -0.05) is 50.1 Å². The monoisotopic (exact) mass is 218 g/mol. The number of aliphatic hydroxyl groups is 1. The molecule has 88 valence electrons. The number of benzene rings is 1. The number of aryl methyl sites for hydroxylation is 1. The highest BCUT2D eigenvalue weighted by atomic mass is 16.3. The molecule has 1 aromatic rings. The first-order chi connectivity index (χ1) is 7.52. The normalized spacial score (nSPS) is 28.2. The van der Waals surface area contributed by atoms with E-state index in [1.54, 1.807) is 0 Å². The average Bonchev–Trinajstić information content (AvgIpc) is 2.55. The first kappa shape index (κ1) is 11.7.